The Morgan fingerprint density at radius 2 is 1.87 bits per heavy atom. The lowest BCUT2D eigenvalue weighted by Gasteiger charge is -2.31. The zero-order chi connectivity index (χ0) is 22.0. The first-order valence-electron chi connectivity index (χ1n) is 10.9. The summed E-state index contributed by atoms with van der Waals surface area (Å²) >= 11 is 0. The first-order chi connectivity index (χ1) is 14.9. The van der Waals surface area contributed by atoms with Gasteiger partial charge in [0.15, 0.2) is 0 Å². The summed E-state index contributed by atoms with van der Waals surface area (Å²) in [5.74, 6) is 0.0967. The van der Waals surface area contributed by atoms with Crippen molar-refractivity contribution < 1.29 is 8.42 Å². The molecule has 0 radical (unpaired) electrons. The second kappa shape index (κ2) is 8.93. The Hall–Kier alpha value is -2.51. The van der Waals surface area contributed by atoms with Crippen molar-refractivity contribution in [3.63, 3.8) is 0 Å². The summed E-state index contributed by atoms with van der Waals surface area (Å²) in [6.07, 6.45) is 4.27. The highest BCUT2D eigenvalue weighted by Gasteiger charge is 2.33. The van der Waals surface area contributed by atoms with E-state index in [1.807, 2.05) is 19.9 Å². The molecule has 4 rings (SSSR count). The predicted octanol–water partition coefficient (Wildman–Crippen LogP) is 4.07. The molecule has 31 heavy (non-hydrogen) atoms. The van der Waals surface area contributed by atoms with Gasteiger partial charge in [-0.25, -0.2) is 8.42 Å². The quantitative estimate of drug-likeness (QED) is 0.582. The molecule has 1 atom stereocenters. The summed E-state index contributed by atoms with van der Waals surface area (Å²) < 4.78 is 30.0. The van der Waals surface area contributed by atoms with E-state index in [1.165, 1.54) is 11.1 Å². The third kappa shape index (κ3) is 4.72. The molecule has 164 valence electrons. The number of sulfonamides is 1. The van der Waals surface area contributed by atoms with Crippen molar-refractivity contribution in [1.82, 2.24) is 19.1 Å². The largest absolute Gasteiger partial charge is 0.271 e. The van der Waals surface area contributed by atoms with Crippen LogP contribution in [0.25, 0.3) is 0 Å². The van der Waals surface area contributed by atoms with Gasteiger partial charge in [-0.05, 0) is 63.3 Å². The Labute approximate surface area is 185 Å². The van der Waals surface area contributed by atoms with Crippen LogP contribution < -0.4 is 0 Å². The molecule has 1 fully saturated rings. The standard InChI is InChI=1S/C24H30N4O2S/c1-4-27-17-24(19(3)26-27)31(29,30)28-12-8-11-22(16-28)23-15-21(13-18(2)25-23)14-20-9-6-5-7-10-20/h5-7,9-10,13,15,17,22H,4,8,11-12,14,16H2,1-3H3. The molecule has 2 aromatic heterocycles. The molecular formula is C24H30N4O2S. The lowest BCUT2D eigenvalue weighted by Crippen LogP contribution is -2.39. The topological polar surface area (TPSA) is 68.1 Å². The van der Waals surface area contributed by atoms with E-state index in [9.17, 15) is 8.42 Å². The van der Waals surface area contributed by atoms with Gasteiger partial charge in [0.05, 0.1) is 5.69 Å². The number of piperidine rings is 1. The Kier molecular flexibility index (Phi) is 6.25. The van der Waals surface area contributed by atoms with Gasteiger partial charge < -0.3 is 0 Å². The molecule has 6 nitrogen and oxygen atoms in total. The maximum absolute atomic E-state index is 13.3. The molecule has 3 heterocycles. The van der Waals surface area contributed by atoms with E-state index in [0.717, 1.165) is 30.7 Å². The van der Waals surface area contributed by atoms with Crippen molar-refractivity contribution in [2.24, 2.45) is 0 Å². The third-order valence-corrected chi connectivity index (χ3v) is 7.90. The number of hydrogen-bond acceptors (Lipinski definition) is 4. The van der Waals surface area contributed by atoms with Crippen molar-refractivity contribution in [1.29, 1.82) is 0 Å². The zero-order valence-electron chi connectivity index (χ0n) is 18.5. The minimum Gasteiger partial charge on any atom is -0.271 e. The van der Waals surface area contributed by atoms with Crippen molar-refractivity contribution in [3.05, 3.63) is 76.9 Å². The van der Waals surface area contributed by atoms with E-state index >= 15 is 0 Å². The number of pyridine rings is 1. The van der Waals surface area contributed by atoms with Crippen molar-refractivity contribution >= 4 is 10.0 Å². The molecule has 0 spiro atoms. The third-order valence-electron chi connectivity index (χ3n) is 5.93. The first-order valence-corrected chi connectivity index (χ1v) is 12.4. The molecule has 0 amide bonds. The second-order valence-corrected chi connectivity index (χ2v) is 10.2. The van der Waals surface area contributed by atoms with Crippen LogP contribution in [0.1, 0.15) is 53.9 Å². The smallest absolute Gasteiger partial charge is 0.246 e. The van der Waals surface area contributed by atoms with Crippen LogP contribution in [-0.4, -0.2) is 40.6 Å². The van der Waals surface area contributed by atoms with Gasteiger partial charge >= 0.3 is 0 Å². The van der Waals surface area contributed by atoms with Gasteiger partial charge in [0.1, 0.15) is 4.90 Å². The molecule has 1 aliphatic rings. The van der Waals surface area contributed by atoms with Crippen LogP contribution in [0, 0.1) is 13.8 Å². The van der Waals surface area contributed by atoms with Gasteiger partial charge in [0.2, 0.25) is 10.0 Å². The Balaban J connectivity index is 1.57. The van der Waals surface area contributed by atoms with Crippen LogP contribution >= 0.6 is 0 Å². The minimum atomic E-state index is -3.57. The predicted molar refractivity (Wildman–Crippen MR) is 122 cm³/mol. The molecule has 1 unspecified atom stereocenters. The molecule has 1 aromatic carbocycles. The van der Waals surface area contributed by atoms with Crippen LogP contribution in [0.2, 0.25) is 0 Å². The summed E-state index contributed by atoms with van der Waals surface area (Å²) in [5.41, 5.74) is 5.00. The Morgan fingerprint density at radius 1 is 1.10 bits per heavy atom. The van der Waals surface area contributed by atoms with E-state index in [-0.39, 0.29) is 5.92 Å². The summed E-state index contributed by atoms with van der Waals surface area (Å²) in [5, 5.41) is 4.33. The molecule has 1 saturated heterocycles. The van der Waals surface area contributed by atoms with Crippen molar-refractivity contribution in [2.75, 3.05) is 13.1 Å². The normalized spacial score (nSPS) is 17.7. The average Bonchev–Trinajstić information content (AvgIpc) is 3.16. The number of hydrogen-bond donors (Lipinski definition) is 0. The fourth-order valence-electron chi connectivity index (χ4n) is 4.37. The molecule has 3 aromatic rings. The molecule has 0 aliphatic carbocycles. The number of aromatic nitrogens is 3. The summed E-state index contributed by atoms with van der Waals surface area (Å²) in [7, 11) is -3.57. The van der Waals surface area contributed by atoms with Crippen molar-refractivity contribution in [2.45, 2.75) is 57.4 Å². The maximum Gasteiger partial charge on any atom is 0.246 e. The molecule has 0 N–H and O–H groups in total. The van der Waals surface area contributed by atoms with Gasteiger partial charge in [-0.3, -0.25) is 9.67 Å². The highest BCUT2D eigenvalue weighted by molar-refractivity contribution is 7.89. The number of benzene rings is 1. The van der Waals surface area contributed by atoms with E-state index < -0.39 is 10.0 Å². The van der Waals surface area contributed by atoms with Crippen LogP contribution in [0.3, 0.4) is 0 Å². The zero-order valence-corrected chi connectivity index (χ0v) is 19.3. The lowest BCUT2D eigenvalue weighted by molar-refractivity contribution is 0.312. The Bertz CT molecular complexity index is 1160. The summed E-state index contributed by atoms with van der Waals surface area (Å²) in [4.78, 5) is 5.10. The van der Waals surface area contributed by atoms with Crippen LogP contribution in [0.4, 0.5) is 0 Å². The molecule has 0 saturated carbocycles. The monoisotopic (exact) mass is 438 g/mol. The van der Waals surface area contributed by atoms with Gasteiger partial charge in [-0.1, -0.05) is 30.3 Å². The molecule has 7 heteroatoms. The highest BCUT2D eigenvalue weighted by atomic mass is 32.2. The Morgan fingerprint density at radius 3 is 2.58 bits per heavy atom. The first kappa shape index (κ1) is 21.7. The van der Waals surface area contributed by atoms with Gasteiger partial charge in [-0.2, -0.15) is 9.40 Å². The molecule has 1 aliphatic heterocycles. The maximum atomic E-state index is 13.3. The fourth-order valence-corrected chi connectivity index (χ4v) is 6.06. The van der Waals surface area contributed by atoms with Crippen LogP contribution in [0.5, 0.6) is 0 Å². The number of nitrogens with zero attached hydrogens (tertiary/aromatic N) is 4. The molecule has 0 bridgehead atoms. The van der Waals surface area contributed by atoms with Gasteiger partial charge in [0, 0.05) is 43.1 Å². The summed E-state index contributed by atoms with van der Waals surface area (Å²) in [6.45, 7) is 7.38. The van der Waals surface area contributed by atoms with Crippen LogP contribution in [-0.2, 0) is 23.0 Å². The number of rotatable bonds is 6. The van der Waals surface area contributed by atoms with Crippen molar-refractivity contribution in [3.8, 4) is 0 Å². The SMILES string of the molecule is CCn1cc(S(=O)(=O)N2CCCC(c3cc(Cc4ccccc4)cc(C)n3)C2)c(C)n1. The van der Waals surface area contributed by atoms with E-state index in [4.69, 9.17) is 4.98 Å². The second-order valence-electron chi connectivity index (χ2n) is 8.34. The number of aryl methyl sites for hydroxylation is 3. The van der Waals surface area contributed by atoms with Gasteiger partial charge in [-0.15, -0.1) is 0 Å². The van der Waals surface area contributed by atoms with E-state index in [2.05, 4.69) is 41.5 Å². The highest BCUT2D eigenvalue weighted by Crippen LogP contribution is 2.31. The lowest BCUT2D eigenvalue weighted by atomic mass is 9.93. The molecular weight excluding hydrogens is 408 g/mol. The van der Waals surface area contributed by atoms with E-state index in [0.29, 0.717) is 30.2 Å². The average molecular weight is 439 g/mol. The summed E-state index contributed by atoms with van der Waals surface area (Å²) in [6, 6.07) is 14.7. The fraction of sp³-hybridized carbons (Fsp3) is 0.417. The minimum absolute atomic E-state index is 0.0967. The van der Waals surface area contributed by atoms with Gasteiger partial charge in [0.25, 0.3) is 0 Å². The van der Waals surface area contributed by atoms with E-state index in [1.54, 1.807) is 22.1 Å². The van der Waals surface area contributed by atoms with Crippen LogP contribution in [0.15, 0.2) is 53.6 Å².